The average Bonchev–Trinajstić information content (AvgIpc) is 2.34. The van der Waals surface area contributed by atoms with E-state index in [0.717, 1.165) is 24.3 Å². The molecule has 1 aliphatic rings. The van der Waals surface area contributed by atoms with Crippen molar-refractivity contribution in [1.82, 2.24) is 10.6 Å². The zero-order valence-electron chi connectivity index (χ0n) is 12.6. The number of thioether (sulfide) groups is 1. The van der Waals surface area contributed by atoms with Crippen molar-refractivity contribution in [1.29, 1.82) is 0 Å². The molecule has 0 bridgehead atoms. The number of nitrogens with one attached hydrogen (secondary N) is 2. The lowest BCUT2D eigenvalue weighted by molar-refractivity contribution is -0.142. The number of urea groups is 1. The van der Waals surface area contributed by atoms with E-state index in [-0.39, 0.29) is 24.0 Å². The van der Waals surface area contributed by atoms with E-state index in [2.05, 4.69) is 10.6 Å². The maximum absolute atomic E-state index is 11.8. The Morgan fingerprint density at radius 3 is 2.60 bits per heavy atom. The Morgan fingerprint density at radius 2 is 2.10 bits per heavy atom. The summed E-state index contributed by atoms with van der Waals surface area (Å²) in [5, 5.41) is 14.8. The zero-order valence-corrected chi connectivity index (χ0v) is 13.4. The molecule has 116 valence electrons. The molecule has 0 aromatic carbocycles. The average molecular weight is 302 g/mol. The number of carboxylic acids is 1. The molecule has 1 saturated heterocycles. The maximum Gasteiger partial charge on any atom is 0.315 e. The molecule has 2 amide bonds. The normalized spacial score (nSPS) is 21.1. The largest absolute Gasteiger partial charge is 0.481 e. The quantitative estimate of drug-likeness (QED) is 0.728. The Bertz CT molecular complexity index is 336. The van der Waals surface area contributed by atoms with Crippen LogP contribution in [0.4, 0.5) is 4.79 Å². The third-order valence-corrected chi connectivity index (χ3v) is 4.43. The van der Waals surface area contributed by atoms with Crippen LogP contribution in [0.5, 0.6) is 0 Å². The lowest BCUT2D eigenvalue weighted by Gasteiger charge is -2.25. The van der Waals surface area contributed by atoms with Gasteiger partial charge in [0, 0.05) is 18.3 Å². The number of hydrogen-bond donors (Lipinski definition) is 3. The van der Waals surface area contributed by atoms with Crippen molar-refractivity contribution in [2.75, 3.05) is 18.1 Å². The van der Waals surface area contributed by atoms with Crippen molar-refractivity contribution in [3.05, 3.63) is 0 Å². The van der Waals surface area contributed by atoms with Crippen molar-refractivity contribution in [3.8, 4) is 0 Å². The summed E-state index contributed by atoms with van der Waals surface area (Å²) in [5.41, 5.74) is -0.0682. The van der Waals surface area contributed by atoms with Crippen molar-refractivity contribution in [2.24, 2.45) is 11.3 Å². The summed E-state index contributed by atoms with van der Waals surface area (Å²) in [4.78, 5) is 23.0. The predicted octanol–water partition coefficient (Wildman–Crippen LogP) is 2.32. The number of aliphatic carboxylic acids is 1. The number of amides is 2. The summed E-state index contributed by atoms with van der Waals surface area (Å²) in [6.07, 6.45) is 2.67. The second kappa shape index (κ2) is 7.76. The molecule has 0 aromatic rings. The Labute approximate surface area is 125 Å². The molecule has 6 heteroatoms. The molecule has 1 fully saturated rings. The first-order valence-corrected chi connectivity index (χ1v) is 8.28. The molecule has 5 nitrogen and oxygen atoms in total. The topological polar surface area (TPSA) is 78.4 Å². The molecule has 20 heavy (non-hydrogen) atoms. The van der Waals surface area contributed by atoms with Gasteiger partial charge in [-0.3, -0.25) is 4.79 Å². The Morgan fingerprint density at radius 1 is 1.40 bits per heavy atom. The van der Waals surface area contributed by atoms with E-state index in [1.165, 1.54) is 0 Å². The minimum absolute atomic E-state index is 0.0682. The molecule has 0 aliphatic carbocycles. The van der Waals surface area contributed by atoms with Gasteiger partial charge in [0.15, 0.2) is 0 Å². The highest BCUT2D eigenvalue weighted by atomic mass is 32.2. The minimum atomic E-state index is -0.853. The molecule has 0 saturated carbocycles. The van der Waals surface area contributed by atoms with E-state index < -0.39 is 11.9 Å². The molecule has 0 radical (unpaired) electrons. The zero-order chi connectivity index (χ0) is 15.2. The second-order valence-electron chi connectivity index (χ2n) is 6.57. The summed E-state index contributed by atoms with van der Waals surface area (Å²) < 4.78 is 0. The van der Waals surface area contributed by atoms with Gasteiger partial charge in [0.05, 0.1) is 5.92 Å². The van der Waals surface area contributed by atoms with E-state index >= 15 is 0 Å². The Kier molecular flexibility index (Phi) is 6.65. The van der Waals surface area contributed by atoms with E-state index in [4.69, 9.17) is 0 Å². The predicted molar refractivity (Wildman–Crippen MR) is 82.1 cm³/mol. The first kappa shape index (κ1) is 17.1. The lowest BCUT2D eigenvalue weighted by Crippen LogP contribution is -2.46. The summed E-state index contributed by atoms with van der Waals surface area (Å²) in [6.45, 7) is 6.19. The van der Waals surface area contributed by atoms with Crippen LogP contribution >= 0.6 is 11.8 Å². The van der Waals surface area contributed by atoms with Crippen LogP contribution in [0.3, 0.4) is 0 Å². The Hall–Kier alpha value is -0.910. The van der Waals surface area contributed by atoms with Gasteiger partial charge >= 0.3 is 12.0 Å². The van der Waals surface area contributed by atoms with Crippen molar-refractivity contribution >= 4 is 23.8 Å². The number of carbonyl (C=O) groups is 2. The van der Waals surface area contributed by atoms with Crippen LogP contribution in [0.1, 0.15) is 40.0 Å². The van der Waals surface area contributed by atoms with Crippen molar-refractivity contribution in [3.63, 3.8) is 0 Å². The molecule has 1 heterocycles. The second-order valence-corrected chi connectivity index (χ2v) is 7.72. The fourth-order valence-corrected chi connectivity index (χ4v) is 3.36. The van der Waals surface area contributed by atoms with Crippen molar-refractivity contribution < 1.29 is 14.7 Å². The molecular formula is C14H26N2O3S. The highest BCUT2D eigenvalue weighted by molar-refractivity contribution is 7.99. The van der Waals surface area contributed by atoms with E-state index in [1.807, 2.05) is 32.5 Å². The van der Waals surface area contributed by atoms with Crippen molar-refractivity contribution in [2.45, 2.75) is 46.1 Å². The SMILES string of the molecule is CC(C)(C)CC(CNC(=O)NC1CCCSC1)C(=O)O. The molecular weight excluding hydrogens is 276 g/mol. The van der Waals surface area contributed by atoms with Crippen LogP contribution in [-0.4, -0.2) is 41.2 Å². The van der Waals surface area contributed by atoms with Crippen LogP contribution in [0, 0.1) is 11.3 Å². The van der Waals surface area contributed by atoms with Gasteiger partial charge in [-0.2, -0.15) is 11.8 Å². The van der Waals surface area contributed by atoms with Crippen LogP contribution in [-0.2, 0) is 4.79 Å². The van der Waals surface area contributed by atoms with E-state index in [1.54, 1.807) is 0 Å². The minimum Gasteiger partial charge on any atom is -0.481 e. The molecule has 1 rings (SSSR count). The number of hydrogen-bond acceptors (Lipinski definition) is 3. The van der Waals surface area contributed by atoms with Gasteiger partial charge in [0.2, 0.25) is 0 Å². The third-order valence-electron chi connectivity index (χ3n) is 3.21. The molecule has 2 atom stereocenters. The molecule has 2 unspecified atom stereocenters. The van der Waals surface area contributed by atoms with Crippen LogP contribution in [0.15, 0.2) is 0 Å². The molecule has 0 aromatic heterocycles. The summed E-state index contributed by atoms with van der Waals surface area (Å²) >= 11 is 1.85. The first-order chi connectivity index (χ1) is 9.28. The fraction of sp³-hybridized carbons (Fsp3) is 0.857. The van der Waals surface area contributed by atoms with Gasteiger partial charge in [0.1, 0.15) is 0 Å². The highest BCUT2D eigenvalue weighted by Gasteiger charge is 2.25. The third kappa shape index (κ3) is 7.03. The van der Waals surface area contributed by atoms with Crippen LogP contribution in [0.25, 0.3) is 0 Å². The molecule has 1 aliphatic heterocycles. The monoisotopic (exact) mass is 302 g/mol. The standard InChI is InChI=1S/C14H26N2O3S/c1-14(2,3)7-10(12(17)18)8-15-13(19)16-11-5-4-6-20-9-11/h10-11H,4-9H2,1-3H3,(H,17,18)(H2,15,16,19). The van der Waals surface area contributed by atoms with Gasteiger partial charge in [-0.15, -0.1) is 0 Å². The maximum atomic E-state index is 11.8. The summed E-state index contributed by atoms with van der Waals surface area (Å²) in [6, 6.07) is -0.0442. The smallest absolute Gasteiger partial charge is 0.315 e. The fourth-order valence-electron chi connectivity index (χ4n) is 2.29. The van der Waals surface area contributed by atoms with Gasteiger partial charge < -0.3 is 15.7 Å². The number of carboxylic acid groups (broad SMARTS) is 1. The Balaban J connectivity index is 2.34. The molecule has 3 N–H and O–H groups in total. The summed E-state index contributed by atoms with van der Waals surface area (Å²) in [7, 11) is 0. The van der Waals surface area contributed by atoms with Gasteiger partial charge in [-0.05, 0) is 30.4 Å². The van der Waals surface area contributed by atoms with E-state index in [0.29, 0.717) is 6.42 Å². The molecule has 0 spiro atoms. The first-order valence-electron chi connectivity index (χ1n) is 7.13. The van der Waals surface area contributed by atoms with Crippen LogP contribution in [0.2, 0.25) is 0 Å². The van der Waals surface area contributed by atoms with E-state index in [9.17, 15) is 14.7 Å². The van der Waals surface area contributed by atoms with Gasteiger partial charge in [-0.25, -0.2) is 4.79 Å². The highest BCUT2D eigenvalue weighted by Crippen LogP contribution is 2.24. The van der Waals surface area contributed by atoms with Gasteiger partial charge in [0.25, 0.3) is 0 Å². The van der Waals surface area contributed by atoms with Gasteiger partial charge in [-0.1, -0.05) is 20.8 Å². The number of carbonyl (C=O) groups excluding carboxylic acids is 1. The summed E-state index contributed by atoms with van der Waals surface area (Å²) in [5.74, 6) is 0.708. The number of rotatable bonds is 5. The lowest BCUT2D eigenvalue weighted by atomic mass is 9.84. The van der Waals surface area contributed by atoms with Crippen LogP contribution < -0.4 is 10.6 Å².